The minimum absolute atomic E-state index is 0.136. The summed E-state index contributed by atoms with van der Waals surface area (Å²) in [5, 5.41) is 12.5. The van der Waals surface area contributed by atoms with Gasteiger partial charge in [-0.1, -0.05) is 13.8 Å². The molecule has 0 amide bonds. The molecule has 1 rings (SSSR count). The molecule has 0 fully saturated rings. The van der Waals surface area contributed by atoms with Gasteiger partial charge in [0.15, 0.2) is 0 Å². The van der Waals surface area contributed by atoms with Crippen LogP contribution in [-0.4, -0.2) is 25.4 Å². The van der Waals surface area contributed by atoms with Crippen LogP contribution in [0, 0.1) is 5.41 Å². The monoisotopic (exact) mass is 287 g/mol. The molecule has 0 unspecified atom stereocenters. The quantitative estimate of drug-likeness (QED) is 0.875. The number of aliphatic hydroxyl groups excluding tert-OH is 1. The predicted octanol–water partition coefficient (Wildman–Crippen LogP) is 2.89. The van der Waals surface area contributed by atoms with E-state index >= 15 is 0 Å². The Bertz CT molecular complexity index is 353. The number of anilines is 1. The van der Waals surface area contributed by atoms with Gasteiger partial charge in [-0.25, -0.2) is 0 Å². The zero-order chi connectivity index (χ0) is 12.2. The largest absolute Gasteiger partial charge is 0.497 e. The van der Waals surface area contributed by atoms with Gasteiger partial charge in [0.25, 0.3) is 0 Å². The highest BCUT2D eigenvalue weighted by Crippen LogP contribution is 2.28. The van der Waals surface area contributed by atoms with Crippen LogP contribution in [0.5, 0.6) is 5.75 Å². The van der Waals surface area contributed by atoms with Gasteiger partial charge < -0.3 is 15.2 Å². The van der Waals surface area contributed by atoms with Crippen molar-refractivity contribution in [2.45, 2.75) is 13.8 Å². The summed E-state index contributed by atoms with van der Waals surface area (Å²) in [5.41, 5.74) is 0.837. The second-order valence-electron chi connectivity index (χ2n) is 4.52. The second-order valence-corrected chi connectivity index (χ2v) is 5.38. The van der Waals surface area contributed by atoms with E-state index in [1.165, 1.54) is 0 Å². The van der Waals surface area contributed by atoms with E-state index in [0.717, 1.165) is 15.9 Å². The van der Waals surface area contributed by atoms with E-state index in [1.54, 1.807) is 7.11 Å². The zero-order valence-corrected chi connectivity index (χ0v) is 11.5. The highest BCUT2D eigenvalue weighted by molar-refractivity contribution is 9.10. The van der Waals surface area contributed by atoms with E-state index in [1.807, 2.05) is 32.0 Å². The Morgan fingerprint density at radius 3 is 2.69 bits per heavy atom. The Morgan fingerprint density at radius 2 is 2.12 bits per heavy atom. The molecule has 3 nitrogen and oxygen atoms in total. The van der Waals surface area contributed by atoms with Gasteiger partial charge in [0.1, 0.15) is 5.75 Å². The molecule has 0 saturated carbocycles. The van der Waals surface area contributed by atoms with Crippen molar-refractivity contribution < 1.29 is 9.84 Å². The number of aliphatic hydroxyl groups is 1. The number of nitrogens with one attached hydrogen (secondary N) is 1. The van der Waals surface area contributed by atoms with Crippen LogP contribution in [0.15, 0.2) is 22.7 Å². The van der Waals surface area contributed by atoms with E-state index in [-0.39, 0.29) is 12.0 Å². The Hall–Kier alpha value is -0.740. The molecule has 1 aromatic rings. The smallest absolute Gasteiger partial charge is 0.121 e. The number of hydrogen-bond donors (Lipinski definition) is 2. The van der Waals surface area contributed by atoms with Gasteiger partial charge in [-0.2, -0.15) is 0 Å². The predicted molar refractivity (Wildman–Crippen MR) is 70.1 cm³/mol. The average molecular weight is 288 g/mol. The number of rotatable bonds is 5. The van der Waals surface area contributed by atoms with Crippen LogP contribution in [0.3, 0.4) is 0 Å². The van der Waals surface area contributed by atoms with Gasteiger partial charge in [0.2, 0.25) is 0 Å². The molecule has 16 heavy (non-hydrogen) atoms. The normalized spacial score (nSPS) is 11.3. The molecular formula is C12H18BrNO2. The maximum atomic E-state index is 9.17. The lowest BCUT2D eigenvalue weighted by atomic mass is 9.95. The number of benzene rings is 1. The molecular weight excluding hydrogens is 270 g/mol. The van der Waals surface area contributed by atoms with Crippen molar-refractivity contribution in [3.8, 4) is 5.75 Å². The zero-order valence-electron chi connectivity index (χ0n) is 9.88. The maximum Gasteiger partial charge on any atom is 0.121 e. The number of ether oxygens (including phenoxy) is 1. The van der Waals surface area contributed by atoms with Gasteiger partial charge in [-0.15, -0.1) is 0 Å². The third-order valence-electron chi connectivity index (χ3n) is 2.36. The third-order valence-corrected chi connectivity index (χ3v) is 3.05. The van der Waals surface area contributed by atoms with Gasteiger partial charge in [0.05, 0.1) is 12.8 Å². The van der Waals surface area contributed by atoms with E-state index in [4.69, 9.17) is 9.84 Å². The first-order valence-electron chi connectivity index (χ1n) is 5.17. The molecule has 0 bridgehead atoms. The van der Waals surface area contributed by atoms with Gasteiger partial charge >= 0.3 is 0 Å². The molecule has 4 heteroatoms. The number of methoxy groups -OCH3 is 1. The summed E-state index contributed by atoms with van der Waals surface area (Å²) in [6.07, 6.45) is 0. The maximum absolute atomic E-state index is 9.17. The van der Waals surface area contributed by atoms with Crippen LogP contribution in [-0.2, 0) is 0 Å². The Balaban J connectivity index is 2.73. The average Bonchev–Trinajstić information content (AvgIpc) is 2.28. The van der Waals surface area contributed by atoms with E-state index < -0.39 is 0 Å². The van der Waals surface area contributed by atoms with Crippen molar-refractivity contribution in [2.75, 3.05) is 25.6 Å². The first-order chi connectivity index (χ1) is 7.48. The van der Waals surface area contributed by atoms with Crippen LogP contribution < -0.4 is 10.1 Å². The molecule has 0 radical (unpaired) electrons. The summed E-state index contributed by atoms with van der Waals surface area (Å²) in [7, 11) is 1.64. The summed E-state index contributed by atoms with van der Waals surface area (Å²) in [4.78, 5) is 0. The van der Waals surface area contributed by atoms with Crippen molar-refractivity contribution in [1.82, 2.24) is 0 Å². The minimum atomic E-state index is -0.136. The lowest BCUT2D eigenvalue weighted by Gasteiger charge is -2.23. The minimum Gasteiger partial charge on any atom is -0.497 e. The van der Waals surface area contributed by atoms with Crippen molar-refractivity contribution in [2.24, 2.45) is 5.41 Å². The van der Waals surface area contributed by atoms with Gasteiger partial charge in [0, 0.05) is 29.1 Å². The summed E-state index contributed by atoms with van der Waals surface area (Å²) < 4.78 is 6.15. The second kappa shape index (κ2) is 5.55. The lowest BCUT2D eigenvalue weighted by molar-refractivity contribution is 0.171. The highest BCUT2D eigenvalue weighted by atomic mass is 79.9. The van der Waals surface area contributed by atoms with Gasteiger partial charge in [-0.3, -0.25) is 0 Å². The fraction of sp³-hybridized carbons (Fsp3) is 0.500. The van der Waals surface area contributed by atoms with Crippen molar-refractivity contribution in [3.05, 3.63) is 22.7 Å². The third kappa shape index (κ3) is 3.68. The molecule has 0 spiro atoms. The molecule has 0 aliphatic rings. The lowest BCUT2D eigenvalue weighted by Crippen LogP contribution is -2.26. The Morgan fingerprint density at radius 1 is 1.44 bits per heavy atom. The molecule has 0 saturated heterocycles. The topological polar surface area (TPSA) is 41.5 Å². The SMILES string of the molecule is COc1ccc(Br)c(NCC(C)(C)CO)c1. The van der Waals surface area contributed by atoms with Crippen molar-refractivity contribution in [1.29, 1.82) is 0 Å². The Kier molecular flexibility index (Phi) is 4.62. The van der Waals surface area contributed by atoms with Gasteiger partial charge in [-0.05, 0) is 28.1 Å². The van der Waals surface area contributed by atoms with E-state index in [9.17, 15) is 0 Å². The number of hydrogen-bond acceptors (Lipinski definition) is 3. The molecule has 1 aromatic carbocycles. The first kappa shape index (κ1) is 13.3. The highest BCUT2D eigenvalue weighted by Gasteiger charge is 2.16. The molecule has 2 N–H and O–H groups in total. The van der Waals surface area contributed by atoms with Crippen LogP contribution in [0.25, 0.3) is 0 Å². The van der Waals surface area contributed by atoms with Crippen molar-refractivity contribution in [3.63, 3.8) is 0 Å². The van der Waals surface area contributed by atoms with E-state index in [0.29, 0.717) is 6.54 Å². The molecule has 0 aromatic heterocycles. The fourth-order valence-corrected chi connectivity index (χ4v) is 1.54. The summed E-state index contributed by atoms with van der Waals surface area (Å²) in [6, 6.07) is 5.76. The van der Waals surface area contributed by atoms with Crippen LogP contribution in [0.1, 0.15) is 13.8 Å². The summed E-state index contributed by atoms with van der Waals surface area (Å²) in [5.74, 6) is 0.813. The first-order valence-corrected chi connectivity index (χ1v) is 5.96. The standard InChI is InChI=1S/C12H18BrNO2/c1-12(2,8-15)7-14-11-6-9(16-3)4-5-10(11)13/h4-6,14-15H,7-8H2,1-3H3. The van der Waals surface area contributed by atoms with Crippen LogP contribution >= 0.6 is 15.9 Å². The Labute approximate surface area is 105 Å². The summed E-state index contributed by atoms with van der Waals surface area (Å²) in [6.45, 7) is 4.87. The molecule has 0 heterocycles. The molecule has 0 atom stereocenters. The summed E-state index contributed by atoms with van der Waals surface area (Å²) >= 11 is 3.47. The van der Waals surface area contributed by atoms with Crippen molar-refractivity contribution >= 4 is 21.6 Å². The molecule has 90 valence electrons. The van der Waals surface area contributed by atoms with E-state index in [2.05, 4.69) is 21.2 Å². The fourth-order valence-electron chi connectivity index (χ4n) is 1.16. The van der Waals surface area contributed by atoms with Crippen LogP contribution in [0.4, 0.5) is 5.69 Å². The number of halogens is 1. The molecule has 0 aliphatic heterocycles. The van der Waals surface area contributed by atoms with Crippen LogP contribution in [0.2, 0.25) is 0 Å². The molecule has 0 aliphatic carbocycles.